The van der Waals surface area contributed by atoms with Crippen molar-refractivity contribution in [3.63, 3.8) is 0 Å². The number of carboxylic acid groups (broad SMARTS) is 1. The zero-order valence-corrected chi connectivity index (χ0v) is 8.06. The first kappa shape index (κ1) is 12.9. The summed E-state index contributed by atoms with van der Waals surface area (Å²) in [6.45, 7) is 0. The predicted molar refractivity (Wildman–Crippen MR) is 47.1 cm³/mol. The number of alkyl halides is 2. The van der Waals surface area contributed by atoms with Gasteiger partial charge in [-0.1, -0.05) is 0 Å². The quantitative estimate of drug-likeness (QED) is 0.648. The van der Waals surface area contributed by atoms with Gasteiger partial charge in [0.25, 0.3) is 6.43 Å². The molecule has 0 aliphatic carbocycles. The van der Waals surface area contributed by atoms with Crippen LogP contribution < -0.4 is 0 Å². The van der Waals surface area contributed by atoms with Gasteiger partial charge in [-0.15, -0.1) is 0 Å². The molecule has 0 aromatic carbocycles. The largest absolute Gasteiger partial charge is 0.481 e. The molecule has 0 amide bonds. The van der Waals surface area contributed by atoms with Crippen molar-refractivity contribution in [3.8, 4) is 0 Å². The lowest BCUT2D eigenvalue weighted by Gasteiger charge is -2.03. The maximum absolute atomic E-state index is 13.2. The van der Waals surface area contributed by atoms with Crippen molar-refractivity contribution in [1.82, 2.24) is 4.98 Å². The highest BCUT2D eigenvalue weighted by Gasteiger charge is 2.27. The summed E-state index contributed by atoms with van der Waals surface area (Å²) in [5.41, 5.74) is -1.73. The van der Waals surface area contributed by atoms with Gasteiger partial charge < -0.3 is 15.2 Å². The molecule has 17 heavy (non-hydrogen) atoms. The predicted octanol–water partition coefficient (Wildman–Crippen LogP) is 1.69. The second-order valence-corrected chi connectivity index (χ2v) is 2.97. The summed E-state index contributed by atoms with van der Waals surface area (Å²) in [5.74, 6) is -4.57. The van der Waals surface area contributed by atoms with E-state index in [1.54, 1.807) is 0 Å². The Bertz CT molecular complexity index is 478. The van der Waals surface area contributed by atoms with E-state index in [2.05, 4.69) is 4.98 Å². The molecule has 9 heteroatoms. The van der Waals surface area contributed by atoms with E-state index in [0.717, 1.165) is 0 Å². The summed E-state index contributed by atoms with van der Waals surface area (Å²) in [7, 11) is 0. The molecule has 1 rings (SSSR count). The average molecular weight is 250 g/mol. The fourth-order valence-electron chi connectivity index (χ4n) is 1.11. The molecule has 6 nitrogen and oxygen atoms in total. The van der Waals surface area contributed by atoms with Gasteiger partial charge in [-0.2, -0.15) is 4.39 Å². The zero-order valence-electron chi connectivity index (χ0n) is 8.06. The molecule has 0 atom stereocenters. The van der Waals surface area contributed by atoms with E-state index in [4.69, 9.17) is 5.11 Å². The lowest BCUT2D eigenvalue weighted by Crippen LogP contribution is -2.08. The monoisotopic (exact) mass is 250 g/mol. The number of halogens is 3. The maximum Gasteiger partial charge on any atom is 0.400 e. The van der Waals surface area contributed by atoms with Gasteiger partial charge >= 0.3 is 11.8 Å². The fourth-order valence-corrected chi connectivity index (χ4v) is 1.11. The van der Waals surface area contributed by atoms with Crippen molar-refractivity contribution in [2.75, 3.05) is 0 Å². The summed E-state index contributed by atoms with van der Waals surface area (Å²) in [4.78, 5) is 22.5. The van der Waals surface area contributed by atoms with Crippen LogP contribution in [0.15, 0.2) is 6.07 Å². The van der Waals surface area contributed by atoms with Gasteiger partial charge in [0.15, 0.2) is 5.69 Å². The number of hydrogen-bond acceptors (Lipinski definition) is 4. The number of carbonyl (C=O) groups is 1. The molecule has 92 valence electrons. The van der Waals surface area contributed by atoms with Gasteiger partial charge in [-0.3, -0.25) is 4.79 Å². The molecular formula is C8H5F3N2O4. The number of nitrogens with zero attached hydrogens (tertiary/aromatic N) is 2. The van der Waals surface area contributed by atoms with Crippen molar-refractivity contribution in [3.05, 3.63) is 33.3 Å². The van der Waals surface area contributed by atoms with Crippen LogP contribution in [0, 0.1) is 15.9 Å². The van der Waals surface area contributed by atoms with Crippen LogP contribution in [0.3, 0.4) is 0 Å². The Hall–Kier alpha value is -2.19. The molecule has 1 heterocycles. The second-order valence-electron chi connectivity index (χ2n) is 2.97. The lowest BCUT2D eigenvalue weighted by molar-refractivity contribution is -0.392. The average Bonchev–Trinajstić information content (AvgIpc) is 2.18. The van der Waals surface area contributed by atoms with Crippen LogP contribution in [0.2, 0.25) is 0 Å². The minimum Gasteiger partial charge on any atom is -0.481 e. The van der Waals surface area contributed by atoms with E-state index < -0.39 is 46.6 Å². The molecule has 1 aromatic heterocycles. The normalized spacial score (nSPS) is 10.6. The van der Waals surface area contributed by atoms with E-state index in [0.29, 0.717) is 6.07 Å². The summed E-state index contributed by atoms with van der Waals surface area (Å²) in [6, 6.07) is 0.501. The van der Waals surface area contributed by atoms with Crippen molar-refractivity contribution < 1.29 is 28.0 Å². The van der Waals surface area contributed by atoms with Crippen LogP contribution in [0.4, 0.5) is 19.0 Å². The number of carboxylic acids is 1. The van der Waals surface area contributed by atoms with Gasteiger partial charge in [0, 0.05) is 0 Å². The number of pyridine rings is 1. The van der Waals surface area contributed by atoms with E-state index in [1.807, 2.05) is 0 Å². The Labute approximate surface area is 91.9 Å². The maximum atomic E-state index is 13.2. The fraction of sp³-hybridized carbons (Fsp3) is 0.250. The van der Waals surface area contributed by atoms with Crippen molar-refractivity contribution in [2.45, 2.75) is 12.8 Å². The van der Waals surface area contributed by atoms with Gasteiger partial charge in [0.05, 0.1) is 5.56 Å². The van der Waals surface area contributed by atoms with Crippen LogP contribution in [-0.4, -0.2) is 21.0 Å². The molecule has 0 fully saturated rings. The van der Waals surface area contributed by atoms with Gasteiger partial charge in [0.1, 0.15) is 6.42 Å². The minimum atomic E-state index is -3.29. The molecule has 1 N–H and O–H groups in total. The van der Waals surface area contributed by atoms with Crippen LogP contribution in [-0.2, 0) is 11.2 Å². The van der Waals surface area contributed by atoms with E-state index in [9.17, 15) is 28.1 Å². The first-order valence-corrected chi connectivity index (χ1v) is 4.16. The third kappa shape index (κ3) is 2.89. The number of hydrogen-bond donors (Lipinski definition) is 1. The molecule has 0 unspecified atom stereocenters. The molecule has 0 saturated carbocycles. The molecule has 0 spiro atoms. The van der Waals surface area contributed by atoms with Crippen LogP contribution in [0.1, 0.15) is 17.7 Å². The Morgan fingerprint density at radius 2 is 2.18 bits per heavy atom. The van der Waals surface area contributed by atoms with Gasteiger partial charge in [-0.25, -0.2) is 8.78 Å². The molecular weight excluding hydrogens is 245 g/mol. The minimum absolute atomic E-state index is 0.499. The van der Waals surface area contributed by atoms with E-state index in [-0.39, 0.29) is 0 Å². The summed E-state index contributed by atoms with van der Waals surface area (Å²) in [5, 5.41) is 18.7. The Kier molecular flexibility index (Phi) is 3.61. The summed E-state index contributed by atoms with van der Waals surface area (Å²) in [6.07, 6.45) is -4.09. The molecule has 0 bridgehead atoms. The van der Waals surface area contributed by atoms with Gasteiger partial charge in [0.2, 0.25) is 5.82 Å². The summed E-state index contributed by atoms with van der Waals surface area (Å²) < 4.78 is 37.9. The lowest BCUT2D eigenvalue weighted by atomic mass is 10.2. The van der Waals surface area contributed by atoms with Crippen molar-refractivity contribution >= 4 is 11.8 Å². The number of nitro groups is 1. The van der Waals surface area contributed by atoms with Gasteiger partial charge in [-0.05, 0) is 16.0 Å². The Balaban J connectivity index is 3.36. The highest BCUT2D eigenvalue weighted by molar-refractivity contribution is 5.69. The van der Waals surface area contributed by atoms with Crippen LogP contribution in [0.5, 0.6) is 0 Å². The number of rotatable bonds is 4. The SMILES string of the molecule is O=C(O)Cc1cc(C(F)F)c(F)c([N+](=O)[O-])n1. The smallest absolute Gasteiger partial charge is 0.400 e. The Morgan fingerprint density at radius 1 is 1.59 bits per heavy atom. The highest BCUT2D eigenvalue weighted by Crippen LogP contribution is 2.27. The number of aliphatic carboxylic acids is 1. The Morgan fingerprint density at radius 3 is 2.59 bits per heavy atom. The first-order valence-electron chi connectivity index (χ1n) is 4.16. The van der Waals surface area contributed by atoms with Crippen LogP contribution >= 0.6 is 0 Å². The van der Waals surface area contributed by atoms with Crippen molar-refractivity contribution in [1.29, 1.82) is 0 Å². The molecule has 1 aromatic rings. The second kappa shape index (κ2) is 4.76. The topological polar surface area (TPSA) is 93.3 Å². The number of aromatic nitrogens is 1. The highest BCUT2D eigenvalue weighted by atomic mass is 19.3. The van der Waals surface area contributed by atoms with E-state index in [1.165, 1.54) is 0 Å². The molecule has 0 saturated heterocycles. The molecule has 0 radical (unpaired) electrons. The zero-order chi connectivity index (χ0) is 13.2. The molecule has 0 aliphatic rings. The van der Waals surface area contributed by atoms with Crippen molar-refractivity contribution in [2.24, 2.45) is 0 Å². The molecule has 0 aliphatic heterocycles. The first-order chi connectivity index (χ1) is 7.82. The standard InChI is InChI=1S/C8H5F3N2O4/c9-6-4(7(10)11)1-3(2-5(14)15)12-8(6)13(16)17/h1,7H,2H2,(H,14,15). The summed E-state index contributed by atoms with van der Waals surface area (Å²) >= 11 is 0. The third-order valence-corrected chi connectivity index (χ3v) is 1.76. The van der Waals surface area contributed by atoms with E-state index >= 15 is 0 Å². The van der Waals surface area contributed by atoms with Crippen LogP contribution in [0.25, 0.3) is 0 Å². The third-order valence-electron chi connectivity index (χ3n) is 1.76.